The standard InChI is InChI=1S/C22H20N4O3/c1-12-7-5-6-8-18(12)26-14(3)23-17-10-9-15(11-16(17)21(26)28)20(27)19-13(2)24-25(4)22(19)29/h5-11,24H,1-4H3. The van der Waals surface area contributed by atoms with Crippen molar-refractivity contribution in [1.82, 2.24) is 19.3 Å². The van der Waals surface area contributed by atoms with Crippen LogP contribution in [0.4, 0.5) is 0 Å². The Balaban J connectivity index is 1.95. The van der Waals surface area contributed by atoms with Gasteiger partial charge in [-0.1, -0.05) is 18.2 Å². The lowest BCUT2D eigenvalue weighted by Gasteiger charge is -2.13. The number of hydrogen-bond donors (Lipinski definition) is 1. The molecule has 0 unspecified atom stereocenters. The Morgan fingerprint density at radius 1 is 1.00 bits per heavy atom. The first-order chi connectivity index (χ1) is 13.8. The summed E-state index contributed by atoms with van der Waals surface area (Å²) in [4.78, 5) is 43.1. The van der Waals surface area contributed by atoms with Gasteiger partial charge in [0, 0.05) is 18.3 Å². The van der Waals surface area contributed by atoms with Crippen molar-refractivity contribution >= 4 is 16.7 Å². The summed E-state index contributed by atoms with van der Waals surface area (Å²) >= 11 is 0. The lowest BCUT2D eigenvalue weighted by atomic mass is 10.0. The van der Waals surface area contributed by atoms with Gasteiger partial charge < -0.3 is 0 Å². The summed E-state index contributed by atoms with van der Waals surface area (Å²) in [6, 6.07) is 12.3. The van der Waals surface area contributed by atoms with Gasteiger partial charge in [-0.25, -0.2) is 4.98 Å². The molecule has 0 bridgehead atoms. The van der Waals surface area contributed by atoms with Gasteiger partial charge in [0.1, 0.15) is 11.4 Å². The van der Waals surface area contributed by atoms with Crippen LogP contribution in [0.5, 0.6) is 0 Å². The summed E-state index contributed by atoms with van der Waals surface area (Å²) in [5.74, 6) is 0.139. The summed E-state index contributed by atoms with van der Waals surface area (Å²) in [5.41, 5.74) is 2.38. The number of nitrogens with zero attached hydrogens (tertiary/aromatic N) is 3. The molecule has 0 saturated heterocycles. The molecule has 0 aliphatic rings. The van der Waals surface area contributed by atoms with Gasteiger partial charge >= 0.3 is 0 Å². The number of rotatable bonds is 3. The number of hydrogen-bond acceptors (Lipinski definition) is 4. The second kappa shape index (κ2) is 6.70. The van der Waals surface area contributed by atoms with Gasteiger partial charge in [-0.3, -0.25) is 28.7 Å². The predicted molar refractivity (Wildman–Crippen MR) is 111 cm³/mol. The van der Waals surface area contributed by atoms with Crippen LogP contribution in [0.15, 0.2) is 52.1 Å². The first-order valence-corrected chi connectivity index (χ1v) is 9.19. The minimum atomic E-state index is -0.423. The molecular formula is C22H20N4O3. The Morgan fingerprint density at radius 2 is 1.72 bits per heavy atom. The largest absolute Gasteiger partial charge is 0.299 e. The van der Waals surface area contributed by atoms with Crippen molar-refractivity contribution in [3.8, 4) is 5.69 Å². The number of ketones is 1. The first-order valence-electron chi connectivity index (χ1n) is 9.19. The van der Waals surface area contributed by atoms with E-state index in [0.717, 1.165) is 11.3 Å². The predicted octanol–water partition coefficient (Wildman–Crippen LogP) is 2.57. The first kappa shape index (κ1) is 18.6. The highest BCUT2D eigenvalue weighted by atomic mass is 16.2. The number of nitrogens with one attached hydrogen (secondary N) is 1. The topological polar surface area (TPSA) is 89.8 Å². The summed E-state index contributed by atoms with van der Waals surface area (Å²) in [6.07, 6.45) is 0. The fourth-order valence-electron chi connectivity index (χ4n) is 3.63. The molecule has 0 aliphatic heterocycles. The van der Waals surface area contributed by atoms with Gasteiger partial charge in [0.15, 0.2) is 5.78 Å². The molecule has 7 nitrogen and oxygen atoms in total. The Hall–Kier alpha value is -3.74. The molecule has 2 heterocycles. The molecule has 4 aromatic rings. The number of aryl methyl sites for hydroxylation is 4. The Kier molecular flexibility index (Phi) is 4.30. The van der Waals surface area contributed by atoms with E-state index in [2.05, 4.69) is 10.1 Å². The van der Waals surface area contributed by atoms with Crippen molar-refractivity contribution in [2.24, 2.45) is 7.05 Å². The van der Waals surface area contributed by atoms with Crippen LogP contribution in [-0.2, 0) is 7.05 Å². The van der Waals surface area contributed by atoms with Gasteiger partial charge in [-0.2, -0.15) is 0 Å². The third-order valence-electron chi connectivity index (χ3n) is 5.11. The monoisotopic (exact) mass is 388 g/mol. The van der Waals surface area contributed by atoms with E-state index >= 15 is 0 Å². The highest BCUT2D eigenvalue weighted by Crippen LogP contribution is 2.18. The van der Waals surface area contributed by atoms with Crippen molar-refractivity contribution < 1.29 is 4.79 Å². The summed E-state index contributed by atoms with van der Waals surface area (Å²) in [7, 11) is 1.56. The van der Waals surface area contributed by atoms with E-state index in [4.69, 9.17) is 0 Å². The van der Waals surface area contributed by atoms with E-state index in [1.807, 2.05) is 31.2 Å². The van der Waals surface area contributed by atoms with E-state index in [0.29, 0.717) is 22.4 Å². The van der Waals surface area contributed by atoms with Crippen molar-refractivity contribution in [1.29, 1.82) is 0 Å². The van der Waals surface area contributed by atoms with Gasteiger partial charge in [0.2, 0.25) is 0 Å². The zero-order valence-electron chi connectivity index (χ0n) is 16.6. The summed E-state index contributed by atoms with van der Waals surface area (Å²) in [5, 5.41) is 3.15. The molecule has 146 valence electrons. The van der Waals surface area contributed by atoms with Gasteiger partial charge in [0.25, 0.3) is 11.1 Å². The zero-order chi connectivity index (χ0) is 20.9. The Labute approximate surface area is 166 Å². The molecule has 0 saturated carbocycles. The maximum atomic E-state index is 13.3. The molecular weight excluding hydrogens is 368 g/mol. The molecule has 7 heteroatoms. The van der Waals surface area contributed by atoms with Crippen LogP contribution >= 0.6 is 0 Å². The molecule has 0 spiro atoms. The molecule has 0 amide bonds. The SMILES string of the molecule is Cc1ccccc1-n1c(C)nc2ccc(C(=O)c3c(C)[nH]n(C)c3=O)cc2c1=O. The minimum Gasteiger partial charge on any atom is -0.299 e. The minimum absolute atomic E-state index is 0.0751. The van der Waals surface area contributed by atoms with Gasteiger partial charge in [-0.15, -0.1) is 0 Å². The summed E-state index contributed by atoms with van der Waals surface area (Å²) < 4.78 is 2.81. The number of H-pyrrole nitrogens is 1. The average molecular weight is 388 g/mol. The maximum Gasteiger partial charge on any atom is 0.277 e. The molecule has 1 N–H and O–H groups in total. The zero-order valence-corrected chi connectivity index (χ0v) is 16.6. The van der Waals surface area contributed by atoms with Crippen LogP contribution in [-0.4, -0.2) is 25.1 Å². The van der Waals surface area contributed by atoms with Crippen molar-refractivity contribution in [2.45, 2.75) is 20.8 Å². The van der Waals surface area contributed by atoms with Crippen molar-refractivity contribution in [3.63, 3.8) is 0 Å². The van der Waals surface area contributed by atoms with Crippen LogP contribution in [0.2, 0.25) is 0 Å². The number of fused-ring (bicyclic) bond motifs is 1. The van der Waals surface area contributed by atoms with Crippen LogP contribution in [0, 0.1) is 20.8 Å². The number of aromatic nitrogens is 4. The third kappa shape index (κ3) is 2.91. The molecule has 4 rings (SSSR count). The van der Waals surface area contributed by atoms with Crippen LogP contribution < -0.4 is 11.1 Å². The molecule has 0 fully saturated rings. The van der Waals surface area contributed by atoms with Gasteiger partial charge in [-0.05, 0) is 50.6 Å². The lowest BCUT2D eigenvalue weighted by molar-refractivity contribution is 0.103. The van der Waals surface area contributed by atoms with E-state index in [1.165, 1.54) is 10.7 Å². The van der Waals surface area contributed by atoms with Crippen molar-refractivity contribution in [2.75, 3.05) is 0 Å². The maximum absolute atomic E-state index is 13.3. The number of carbonyl (C=O) groups excluding carboxylic acids is 1. The van der Waals surface area contributed by atoms with Crippen LogP contribution in [0.1, 0.15) is 33.0 Å². The van der Waals surface area contributed by atoms with E-state index in [-0.39, 0.29) is 16.7 Å². The van der Waals surface area contributed by atoms with Crippen LogP contribution in [0.25, 0.3) is 16.6 Å². The molecule has 29 heavy (non-hydrogen) atoms. The Morgan fingerprint density at radius 3 is 2.38 bits per heavy atom. The Bertz CT molecular complexity index is 1410. The molecule has 0 atom stereocenters. The number of carbonyl (C=O) groups is 1. The van der Waals surface area contributed by atoms with Crippen LogP contribution in [0.3, 0.4) is 0 Å². The molecule has 2 aromatic carbocycles. The fourth-order valence-corrected chi connectivity index (χ4v) is 3.63. The lowest BCUT2D eigenvalue weighted by Crippen LogP contribution is -2.23. The molecule has 0 aliphatic carbocycles. The second-order valence-corrected chi connectivity index (χ2v) is 7.12. The second-order valence-electron chi connectivity index (χ2n) is 7.12. The number of para-hydroxylation sites is 1. The van der Waals surface area contributed by atoms with Crippen molar-refractivity contribution in [3.05, 3.63) is 91.4 Å². The molecule has 2 aromatic heterocycles. The van der Waals surface area contributed by atoms with E-state index < -0.39 is 11.3 Å². The number of benzene rings is 2. The third-order valence-corrected chi connectivity index (χ3v) is 5.11. The highest BCUT2D eigenvalue weighted by molar-refractivity contribution is 6.10. The highest BCUT2D eigenvalue weighted by Gasteiger charge is 2.20. The quantitative estimate of drug-likeness (QED) is 0.546. The molecule has 0 radical (unpaired) electrons. The normalized spacial score (nSPS) is 11.2. The van der Waals surface area contributed by atoms with E-state index in [9.17, 15) is 14.4 Å². The smallest absolute Gasteiger partial charge is 0.277 e. The van der Waals surface area contributed by atoms with E-state index in [1.54, 1.807) is 37.6 Å². The summed E-state index contributed by atoms with van der Waals surface area (Å²) in [6.45, 7) is 5.38. The fraction of sp³-hybridized carbons (Fsp3) is 0.182. The van der Waals surface area contributed by atoms with Gasteiger partial charge in [0.05, 0.1) is 16.6 Å². The number of aromatic amines is 1. The average Bonchev–Trinajstić information content (AvgIpc) is 2.94.